The van der Waals surface area contributed by atoms with Gasteiger partial charge in [-0.2, -0.15) is 8.42 Å². The van der Waals surface area contributed by atoms with Crippen molar-refractivity contribution in [3.05, 3.63) is 28.7 Å². The van der Waals surface area contributed by atoms with Gasteiger partial charge >= 0.3 is 5.97 Å². The third-order valence-corrected chi connectivity index (χ3v) is 3.64. The van der Waals surface area contributed by atoms with E-state index in [-0.39, 0.29) is 4.90 Å². The van der Waals surface area contributed by atoms with Gasteiger partial charge in [0.15, 0.2) is 6.10 Å². The Morgan fingerprint density at radius 3 is 2.31 bits per heavy atom. The third kappa shape index (κ3) is 3.29. The topological polar surface area (TPSA) is 80.7 Å². The molecule has 0 saturated carbocycles. The zero-order valence-corrected chi connectivity index (χ0v) is 10.7. The molecule has 16 heavy (non-hydrogen) atoms. The molecular formula is C9H9BrO5S. The number of aliphatic carboxylic acids is 1. The number of carbonyl (C=O) groups is 1. The van der Waals surface area contributed by atoms with E-state index in [1.54, 1.807) is 0 Å². The Kier molecular flexibility index (Phi) is 4.06. The number of hydrogen-bond donors (Lipinski definition) is 1. The molecule has 0 spiro atoms. The van der Waals surface area contributed by atoms with Gasteiger partial charge in [0.25, 0.3) is 10.1 Å². The van der Waals surface area contributed by atoms with Crippen molar-refractivity contribution < 1.29 is 22.5 Å². The highest BCUT2D eigenvalue weighted by Crippen LogP contribution is 2.17. The van der Waals surface area contributed by atoms with Gasteiger partial charge in [-0.15, -0.1) is 0 Å². The van der Waals surface area contributed by atoms with Crippen LogP contribution in [0.5, 0.6) is 0 Å². The van der Waals surface area contributed by atoms with Gasteiger partial charge in [-0.05, 0) is 31.2 Å². The second-order valence-corrected chi connectivity index (χ2v) is 5.47. The average Bonchev–Trinajstić information content (AvgIpc) is 2.17. The highest BCUT2D eigenvalue weighted by molar-refractivity contribution is 9.10. The summed E-state index contributed by atoms with van der Waals surface area (Å²) in [5.74, 6) is -1.33. The van der Waals surface area contributed by atoms with Gasteiger partial charge in [0.1, 0.15) is 0 Å². The predicted octanol–water partition coefficient (Wildman–Crippen LogP) is 1.63. The molecule has 1 N–H and O–H groups in total. The molecule has 0 aliphatic rings. The van der Waals surface area contributed by atoms with Crippen molar-refractivity contribution in [2.24, 2.45) is 0 Å². The van der Waals surface area contributed by atoms with Crippen LogP contribution in [-0.2, 0) is 19.1 Å². The van der Waals surface area contributed by atoms with Crippen molar-refractivity contribution in [3.8, 4) is 0 Å². The summed E-state index contributed by atoms with van der Waals surface area (Å²) >= 11 is 3.16. The zero-order valence-electron chi connectivity index (χ0n) is 8.25. The average molecular weight is 309 g/mol. The molecular weight excluding hydrogens is 300 g/mol. The first-order valence-electron chi connectivity index (χ1n) is 4.24. The van der Waals surface area contributed by atoms with Gasteiger partial charge in [-0.25, -0.2) is 4.79 Å². The summed E-state index contributed by atoms with van der Waals surface area (Å²) in [5, 5.41) is 8.54. The summed E-state index contributed by atoms with van der Waals surface area (Å²) < 4.78 is 28.3. The second kappa shape index (κ2) is 4.94. The van der Waals surface area contributed by atoms with E-state index in [0.29, 0.717) is 0 Å². The van der Waals surface area contributed by atoms with Gasteiger partial charge in [-0.3, -0.25) is 4.18 Å². The molecule has 7 heteroatoms. The minimum Gasteiger partial charge on any atom is -0.479 e. The first-order chi connectivity index (χ1) is 7.33. The molecule has 0 bridgehead atoms. The van der Waals surface area contributed by atoms with Crippen LogP contribution in [0, 0.1) is 0 Å². The lowest BCUT2D eigenvalue weighted by molar-refractivity contribution is -0.144. The van der Waals surface area contributed by atoms with E-state index < -0.39 is 22.2 Å². The predicted molar refractivity (Wildman–Crippen MR) is 59.5 cm³/mol. The fourth-order valence-electron chi connectivity index (χ4n) is 0.888. The molecule has 0 heterocycles. The molecule has 0 aliphatic heterocycles. The maximum atomic E-state index is 11.6. The van der Waals surface area contributed by atoms with E-state index in [2.05, 4.69) is 20.1 Å². The van der Waals surface area contributed by atoms with Gasteiger partial charge in [-0.1, -0.05) is 15.9 Å². The van der Waals surface area contributed by atoms with Crippen LogP contribution in [0.2, 0.25) is 0 Å². The molecule has 0 unspecified atom stereocenters. The van der Waals surface area contributed by atoms with Crippen LogP contribution in [0.4, 0.5) is 0 Å². The molecule has 0 aromatic heterocycles. The first kappa shape index (κ1) is 13.1. The first-order valence-corrected chi connectivity index (χ1v) is 6.45. The Hall–Kier alpha value is -0.920. The number of carboxylic acids is 1. The quantitative estimate of drug-likeness (QED) is 0.855. The van der Waals surface area contributed by atoms with Crippen LogP contribution >= 0.6 is 15.9 Å². The Balaban J connectivity index is 2.94. The van der Waals surface area contributed by atoms with E-state index in [4.69, 9.17) is 5.11 Å². The summed E-state index contributed by atoms with van der Waals surface area (Å²) in [7, 11) is -4.02. The monoisotopic (exact) mass is 308 g/mol. The minimum absolute atomic E-state index is 0.0798. The summed E-state index contributed by atoms with van der Waals surface area (Å²) in [4.78, 5) is 10.4. The largest absolute Gasteiger partial charge is 0.479 e. The number of carboxylic acid groups (broad SMARTS) is 1. The molecule has 1 aromatic carbocycles. The Bertz CT molecular complexity index is 479. The summed E-state index contributed by atoms with van der Waals surface area (Å²) in [5.41, 5.74) is 0. The molecule has 0 saturated heterocycles. The molecule has 1 atom stereocenters. The fourth-order valence-corrected chi connectivity index (χ4v) is 2.20. The molecule has 0 radical (unpaired) electrons. The maximum absolute atomic E-state index is 11.6. The highest BCUT2D eigenvalue weighted by atomic mass is 79.9. The third-order valence-electron chi connectivity index (χ3n) is 1.72. The van der Waals surface area contributed by atoms with E-state index in [1.807, 2.05) is 0 Å². The summed E-state index contributed by atoms with van der Waals surface area (Å²) in [6, 6.07) is 5.71. The van der Waals surface area contributed by atoms with Crippen molar-refractivity contribution in [1.29, 1.82) is 0 Å². The number of halogens is 1. The standard InChI is InChI=1S/C9H9BrO5S/c1-6(9(11)12)15-16(13,14)8-4-2-7(10)3-5-8/h2-6H,1H3,(H,11,12)/t6-/m0/s1. The SMILES string of the molecule is C[C@H](OS(=O)(=O)c1ccc(Br)cc1)C(=O)O. The molecule has 1 rings (SSSR count). The fraction of sp³-hybridized carbons (Fsp3) is 0.222. The number of rotatable bonds is 4. The van der Waals surface area contributed by atoms with Crippen molar-refractivity contribution in [1.82, 2.24) is 0 Å². The maximum Gasteiger partial charge on any atom is 0.334 e. The van der Waals surface area contributed by atoms with Gasteiger partial charge in [0.2, 0.25) is 0 Å². The minimum atomic E-state index is -4.02. The lowest BCUT2D eigenvalue weighted by Crippen LogP contribution is -2.23. The lowest BCUT2D eigenvalue weighted by atomic mass is 10.4. The normalized spacial score (nSPS) is 13.4. The van der Waals surface area contributed by atoms with Crippen molar-refractivity contribution >= 4 is 32.0 Å². The lowest BCUT2D eigenvalue weighted by Gasteiger charge is -2.08. The van der Waals surface area contributed by atoms with Crippen molar-refractivity contribution in [3.63, 3.8) is 0 Å². The van der Waals surface area contributed by atoms with Gasteiger partial charge in [0.05, 0.1) is 4.90 Å². The molecule has 0 fully saturated rings. The summed E-state index contributed by atoms with van der Waals surface area (Å²) in [6.07, 6.45) is -1.41. The van der Waals surface area contributed by atoms with Crippen LogP contribution < -0.4 is 0 Å². The molecule has 5 nitrogen and oxygen atoms in total. The Morgan fingerprint density at radius 2 is 1.88 bits per heavy atom. The smallest absolute Gasteiger partial charge is 0.334 e. The van der Waals surface area contributed by atoms with Crippen LogP contribution in [0.1, 0.15) is 6.92 Å². The van der Waals surface area contributed by atoms with E-state index in [0.717, 1.165) is 11.4 Å². The van der Waals surface area contributed by atoms with Gasteiger partial charge in [0, 0.05) is 4.47 Å². The van der Waals surface area contributed by atoms with E-state index in [1.165, 1.54) is 24.3 Å². The van der Waals surface area contributed by atoms with Crippen molar-refractivity contribution in [2.75, 3.05) is 0 Å². The van der Waals surface area contributed by atoms with Crippen LogP contribution in [-0.4, -0.2) is 25.6 Å². The molecule has 0 amide bonds. The zero-order chi connectivity index (χ0) is 12.3. The molecule has 88 valence electrons. The Labute approximate surface area is 101 Å². The molecule has 0 aliphatic carbocycles. The van der Waals surface area contributed by atoms with Crippen LogP contribution in [0.15, 0.2) is 33.6 Å². The molecule has 1 aromatic rings. The van der Waals surface area contributed by atoms with E-state index in [9.17, 15) is 13.2 Å². The van der Waals surface area contributed by atoms with Crippen LogP contribution in [0.3, 0.4) is 0 Å². The Morgan fingerprint density at radius 1 is 1.38 bits per heavy atom. The van der Waals surface area contributed by atoms with Crippen LogP contribution in [0.25, 0.3) is 0 Å². The van der Waals surface area contributed by atoms with Crippen molar-refractivity contribution in [2.45, 2.75) is 17.9 Å². The van der Waals surface area contributed by atoms with E-state index >= 15 is 0 Å². The van der Waals surface area contributed by atoms with Gasteiger partial charge < -0.3 is 5.11 Å². The second-order valence-electron chi connectivity index (χ2n) is 2.98. The highest BCUT2D eigenvalue weighted by Gasteiger charge is 2.23. The number of benzene rings is 1. The number of hydrogen-bond acceptors (Lipinski definition) is 4. The summed E-state index contributed by atoms with van der Waals surface area (Å²) in [6.45, 7) is 1.15.